The average Bonchev–Trinajstić information content (AvgIpc) is 2.58. The van der Waals surface area contributed by atoms with E-state index in [4.69, 9.17) is 4.74 Å². The summed E-state index contributed by atoms with van der Waals surface area (Å²) in [5.41, 5.74) is 2.42. The van der Waals surface area contributed by atoms with E-state index >= 15 is 0 Å². The van der Waals surface area contributed by atoms with Crippen LogP contribution in [0.3, 0.4) is 0 Å². The molecule has 0 spiro atoms. The van der Waals surface area contributed by atoms with E-state index in [0.29, 0.717) is 12.2 Å². The molecule has 2 aromatic carbocycles. The molecule has 0 aliphatic carbocycles. The average molecular weight is 299 g/mol. The van der Waals surface area contributed by atoms with Gasteiger partial charge < -0.3 is 14.3 Å². The van der Waals surface area contributed by atoms with E-state index in [2.05, 4.69) is 14.7 Å². The van der Waals surface area contributed by atoms with E-state index < -0.39 is 0 Å². The molecular weight excluding hydrogens is 282 g/mol. The monoisotopic (exact) mass is 299 g/mol. The van der Waals surface area contributed by atoms with Crippen LogP contribution in [-0.2, 0) is 16.2 Å². The van der Waals surface area contributed by atoms with Crippen molar-refractivity contribution in [2.45, 2.75) is 6.61 Å². The van der Waals surface area contributed by atoms with Gasteiger partial charge in [-0.3, -0.25) is 0 Å². The van der Waals surface area contributed by atoms with Crippen LogP contribution in [0.1, 0.15) is 21.5 Å². The highest BCUT2D eigenvalue weighted by Gasteiger charge is 2.04. The van der Waals surface area contributed by atoms with Gasteiger partial charge in [0.15, 0.2) is 0 Å². The molecule has 0 aliphatic rings. The van der Waals surface area contributed by atoms with Gasteiger partial charge in [-0.05, 0) is 47.5 Å². The van der Waals surface area contributed by atoms with Gasteiger partial charge in [-0.1, -0.05) is 17.3 Å². The molecule has 0 N–H and O–H groups in total. The van der Waals surface area contributed by atoms with E-state index in [-0.39, 0.29) is 5.97 Å². The number of carbonyl (C=O) groups excluding carboxylic acids is 1. The van der Waals surface area contributed by atoms with Gasteiger partial charge in [0.05, 0.1) is 18.9 Å². The number of oxime groups is 1. The molecule has 114 valence electrons. The summed E-state index contributed by atoms with van der Waals surface area (Å²) in [6.07, 6.45) is 1.62. The minimum absolute atomic E-state index is 0.346. The quantitative estimate of drug-likeness (QED) is 0.467. The van der Waals surface area contributed by atoms with Crippen LogP contribution in [-0.4, -0.2) is 26.4 Å². The Morgan fingerprint density at radius 2 is 1.73 bits per heavy atom. The van der Waals surface area contributed by atoms with Crippen LogP contribution in [0.25, 0.3) is 0 Å². The fourth-order valence-electron chi connectivity index (χ4n) is 1.79. The van der Waals surface area contributed by atoms with Crippen LogP contribution in [0.15, 0.2) is 53.7 Å². The van der Waals surface area contributed by atoms with Crippen molar-refractivity contribution in [2.24, 2.45) is 5.16 Å². The fourth-order valence-corrected chi connectivity index (χ4v) is 1.79. The van der Waals surface area contributed by atoms with Crippen LogP contribution in [0.4, 0.5) is 0 Å². The van der Waals surface area contributed by atoms with Gasteiger partial charge in [0.1, 0.15) is 19.5 Å². The van der Waals surface area contributed by atoms with Crippen LogP contribution < -0.4 is 4.74 Å². The van der Waals surface area contributed by atoms with Crippen molar-refractivity contribution in [3.05, 3.63) is 65.2 Å². The smallest absolute Gasteiger partial charge is 0.337 e. The van der Waals surface area contributed by atoms with E-state index in [1.807, 2.05) is 36.4 Å². The zero-order chi connectivity index (χ0) is 15.8. The number of benzene rings is 2. The lowest BCUT2D eigenvalue weighted by molar-refractivity contribution is 0.0600. The maximum atomic E-state index is 11.3. The molecule has 0 atom stereocenters. The Bertz CT molecular complexity index is 633. The number of rotatable bonds is 6. The van der Waals surface area contributed by atoms with Crippen molar-refractivity contribution >= 4 is 12.2 Å². The van der Waals surface area contributed by atoms with Gasteiger partial charge in [0.25, 0.3) is 0 Å². The largest absolute Gasteiger partial charge is 0.489 e. The molecule has 5 heteroatoms. The molecule has 0 saturated carbocycles. The summed E-state index contributed by atoms with van der Waals surface area (Å²) in [6.45, 7) is 0.424. The maximum absolute atomic E-state index is 11.3. The van der Waals surface area contributed by atoms with Crippen molar-refractivity contribution < 1.29 is 19.1 Å². The minimum Gasteiger partial charge on any atom is -0.489 e. The predicted molar refractivity (Wildman–Crippen MR) is 83.2 cm³/mol. The number of esters is 1. The van der Waals surface area contributed by atoms with E-state index in [9.17, 15) is 4.79 Å². The number of hydrogen-bond donors (Lipinski definition) is 0. The van der Waals surface area contributed by atoms with Crippen LogP contribution in [0.2, 0.25) is 0 Å². The second kappa shape index (κ2) is 7.83. The Balaban J connectivity index is 1.92. The fraction of sp³-hybridized carbons (Fsp3) is 0.176. The molecule has 0 aromatic heterocycles. The number of carbonyl (C=O) groups is 1. The first-order valence-corrected chi connectivity index (χ1v) is 6.69. The van der Waals surface area contributed by atoms with Gasteiger partial charge in [0, 0.05) is 0 Å². The number of nitrogens with zero attached hydrogens (tertiary/aromatic N) is 1. The van der Waals surface area contributed by atoms with Crippen LogP contribution >= 0.6 is 0 Å². The minimum atomic E-state index is -0.346. The molecule has 0 bridgehead atoms. The molecule has 0 fully saturated rings. The van der Waals surface area contributed by atoms with Gasteiger partial charge >= 0.3 is 5.97 Å². The third kappa shape index (κ3) is 4.34. The summed E-state index contributed by atoms with van der Waals surface area (Å²) in [5, 5.41) is 3.69. The molecule has 0 amide bonds. The predicted octanol–water partition coefficient (Wildman–Crippen LogP) is 3.03. The molecule has 5 nitrogen and oxygen atoms in total. The lowest BCUT2D eigenvalue weighted by Gasteiger charge is -2.07. The number of ether oxygens (including phenoxy) is 2. The van der Waals surface area contributed by atoms with Crippen LogP contribution in [0, 0.1) is 0 Å². The van der Waals surface area contributed by atoms with E-state index in [1.54, 1.807) is 18.3 Å². The normalized spacial score (nSPS) is 10.5. The SMILES string of the molecule is CON=Cc1ccc(OCc2ccc(C(=O)OC)cc2)cc1. The molecule has 0 saturated heterocycles. The molecule has 2 aromatic rings. The first kappa shape index (κ1) is 15.6. The standard InChI is InChI=1S/C17H17NO4/c1-20-17(19)15-7-3-14(4-8-15)12-22-16-9-5-13(6-10-16)11-18-21-2/h3-11H,12H2,1-2H3. The van der Waals surface area contributed by atoms with Gasteiger partial charge in [-0.15, -0.1) is 0 Å². The lowest BCUT2D eigenvalue weighted by Crippen LogP contribution is -2.02. The van der Waals surface area contributed by atoms with Gasteiger partial charge in [-0.25, -0.2) is 4.79 Å². The highest BCUT2D eigenvalue weighted by Crippen LogP contribution is 2.14. The number of hydrogen-bond acceptors (Lipinski definition) is 5. The zero-order valence-corrected chi connectivity index (χ0v) is 12.5. The number of methoxy groups -OCH3 is 1. The summed E-state index contributed by atoms with van der Waals surface area (Å²) in [5.74, 6) is 0.410. The highest BCUT2D eigenvalue weighted by atomic mass is 16.6. The molecule has 0 heterocycles. The molecular formula is C17H17NO4. The summed E-state index contributed by atoms with van der Waals surface area (Å²) >= 11 is 0. The van der Waals surface area contributed by atoms with E-state index in [1.165, 1.54) is 14.2 Å². The van der Waals surface area contributed by atoms with Crippen molar-refractivity contribution in [1.82, 2.24) is 0 Å². The van der Waals surface area contributed by atoms with Crippen molar-refractivity contribution in [3.8, 4) is 5.75 Å². The Hall–Kier alpha value is -2.82. The van der Waals surface area contributed by atoms with Crippen molar-refractivity contribution in [1.29, 1.82) is 0 Å². The highest BCUT2D eigenvalue weighted by molar-refractivity contribution is 5.89. The van der Waals surface area contributed by atoms with E-state index in [0.717, 1.165) is 16.9 Å². The topological polar surface area (TPSA) is 57.1 Å². The van der Waals surface area contributed by atoms with Crippen molar-refractivity contribution in [3.63, 3.8) is 0 Å². The molecule has 22 heavy (non-hydrogen) atoms. The third-order valence-electron chi connectivity index (χ3n) is 2.97. The Kier molecular flexibility index (Phi) is 5.54. The Morgan fingerprint density at radius 1 is 1.05 bits per heavy atom. The molecule has 2 rings (SSSR count). The summed E-state index contributed by atoms with van der Waals surface area (Å²) in [7, 11) is 2.86. The summed E-state index contributed by atoms with van der Waals surface area (Å²) < 4.78 is 10.3. The maximum Gasteiger partial charge on any atom is 0.337 e. The second-order valence-electron chi connectivity index (χ2n) is 4.46. The zero-order valence-electron chi connectivity index (χ0n) is 12.5. The Morgan fingerprint density at radius 3 is 2.32 bits per heavy atom. The van der Waals surface area contributed by atoms with Gasteiger partial charge in [-0.2, -0.15) is 0 Å². The van der Waals surface area contributed by atoms with Crippen molar-refractivity contribution in [2.75, 3.05) is 14.2 Å². The lowest BCUT2D eigenvalue weighted by atomic mass is 10.1. The summed E-state index contributed by atoms with van der Waals surface area (Å²) in [6, 6.07) is 14.6. The molecule has 0 aliphatic heterocycles. The first-order chi connectivity index (χ1) is 10.7. The second-order valence-corrected chi connectivity index (χ2v) is 4.46. The van der Waals surface area contributed by atoms with Gasteiger partial charge in [0.2, 0.25) is 0 Å². The third-order valence-corrected chi connectivity index (χ3v) is 2.97. The molecule has 0 unspecified atom stereocenters. The Labute approximate surface area is 129 Å². The molecule has 0 radical (unpaired) electrons. The summed E-state index contributed by atoms with van der Waals surface area (Å²) in [4.78, 5) is 16.0. The van der Waals surface area contributed by atoms with Crippen LogP contribution in [0.5, 0.6) is 5.75 Å². The first-order valence-electron chi connectivity index (χ1n) is 6.69.